The van der Waals surface area contributed by atoms with Crippen LogP contribution in [0.2, 0.25) is 0 Å². The van der Waals surface area contributed by atoms with Gasteiger partial charge in [-0.2, -0.15) is 0 Å². The van der Waals surface area contributed by atoms with E-state index in [1.165, 1.54) is 32.2 Å². The Morgan fingerprint density at radius 2 is 1.89 bits per heavy atom. The standard InChI is InChI=1S/C19H20N2O7/c1-19(18(23)24,13-6-4-3-5-7-13)12-20-17(22)11-28-14-8-9-15(21(25)26)16(10-14)27-2/h3-10H,11-12H2,1-2H3,(H,20,22)(H,23,24). The van der Waals surface area contributed by atoms with Crippen molar-refractivity contribution < 1.29 is 29.1 Å². The summed E-state index contributed by atoms with van der Waals surface area (Å²) in [4.78, 5) is 34.1. The minimum absolute atomic E-state index is 0.00504. The van der Waals surface area contributed by atoms with Gasteiger partial charge < -0.3 is 19.9 Å². The van der Waals surface area contributed by atoms with E-state index in [-0.39, 0.29) is 30.3 Å². The summed E-state index contributed by atoms with van der Waals surface area (Å²) < 4.78 is 10.2. The Hall–Kier alpha value is -3.62. The van der Waals surface area contributed by atoms with Crippen LogP contribution >= 0.6 is 0 Å². The quantitative estimate of drug-likeness (QED) is 0.497. The molecule has 0 spiro atoms. The molecule has 0 bridgehead atoms. The van der Waals surface area contributed by atoms with Gasteiger partial charge in [-0.25, -0.2) is 0 Å². The second-order valence-electron chi connectivity index (χ2n) is 6.16. The third-order valence-electron chi connectivity index (χ3n) is 4.24. The number of carbonyl (C=O) groups excluding carboxylic acids is 1. The summed E-state index contributed by atoms with van der Waals surface area (Å²) in [5, 5.41) is 23.0. The molecule has 1 atom stereocenters. The van der Waals surface area contributed by atoms with Crippen LogP contribution in [0.25, 0.3) is 0 Å². The minimum Gasteiger partial charge on any atom is -0.490 e. The van der Waals surface area contributed by atoms with Gasteiger partial charge in [-0.05, 0) is 18.6 Å². The van der Waals surface area contributed by atoms with Crippen molar-refractivity contribution in [1.29, 1.82) is 0 Å². The highest BCUT2D eigenvalue weighted by atomic mass is 16.6. The zero-order valence-electron chi connectivity index (χ0n) is 15.4. The second kappa shape index (κ2) is 8.85. The van der Waals surface area contributed by atoms with Gasteiger partial charge in [-0.15, -0.1) is 0 Å². The van der Waals surface area contributed by atoms with E-state index in [0.29, 0.717) is 5.56 Å². The lowest BCUT2D eigenvalue weighted by Gasteiger charge is -2.25. The van der Waals surface area contributed by atoms with Crippen molar-refractivity contribution in [2.75, 3.05) is 20.3 Å². The third kappa shape index (κ3) is 4.76. The number of nitrogens with one attached hydrogen (secondary N) is 1. The lowest BCUT2D eigenvalue weighted by molar-refractivity contribution is -0.385. The molecule has 0 aliphatic rings. The summed E-state index contributed by atoms with van der Waals surface area (Å²) in [6, 6.07) is 12.4. The number of carboxylic acids is 1. The van der Waals surface area contributed by atoms with Crippen LogP contribution in [-0.2, 0) is 15.0 Å². The lowest BCUT2D eigenvalue weighted by Crippen LogP contribution is -2.45. The monoisotopic (exact) mass is 388 g/mol. The number of nitro benzene ring substituents is 1. The number of carbonyl (C=O) groups is 2. The van der Waals surface area contributed by atoms with E-state index in [4.69, 9.17) is 9.47 Å². The summed E-state index contributed by atoms with van der Waals surface area (Å²) in [7, 11) is 1.29. The largest absolute Gasteiger partial charge is 0.490 e. The highest BCUT2D eigenvalue weighted by Gasteiger charge is 2.35. The van der Waals surface area contributed by atoms with Crippen LogP contribution in [0.5, 0.6) is 11.5 Å². The molecule has 9 nitrogen and oxygen atoms in total. The lowest BCUT2D eigenvalue weighted by atomic mass is 9.82. The number of ether oxygens (including phenoxy) is 2. The molecule has 0 aliphatic heterocycles. The average Bonchev–Trinajstić information content (AvgIpc) is 2.70. The van der Waals surface area contributed by atoms with Crippen molar-refractivity contribution in [3.8, 4) is 11.5 Å². The van der Waals surface area contributed by atoms with E-state index >= 15 is 0 Å². The fraction of sp³-hybridized carbons (Fsp3) is 0.263. The van der Waals surface area contributed by atoms with Crippen molar-refractivity contribution in [2.45, 2.75) is 12.3 Å². The number of hydrogen-bond acceptors (Lipinski definition) is 6. The number of aliphatic carboxylic acids is 1. The van der Waals surface area contributed by atoms with E-state index in [2.05, 4.69) is 5.32 Å². The molecule has 0 aliphatic carbocycles. The van der Waals surface area contributed by atoms with Crippen molar-refractivity contribution in [1.82, 2.24) is 5.32 Å². The molecule has 9 heteroatoms. The van der Waals surface area contributed by atoms with Crippen LogP contribution in [-0.4, -0.2) is 42.2 Å². The second-order valence-corrected chi connectivity index (χ2v) is 6.16. The molecular formula is C19H20N2O7. The number of hydrogen-bond donors (Lipinski definition) is 2. The van der Waals surface area contributed by atoms with Crippen LogP contribution in [0.3, 0.4) is 0 Å². The smallest absolute Gasteiger partial charge is 0.315 e. The maximum Gasteiger partial charge on any atom is 0.315 e. The van der Waals surface area contributed by atoms with Gasteiger partial charge >= 0.3 is 11.7 Å². The number of methoxy groups -OCH3 is 1. The molecule has 1 amide bonds. The molecule has 148 valence electrons. The molecule has 1 unspecified atom stereocenters. The van der Waals surface area contributed by atoms with Gasteiger partial charge in [0.1, 0.15) is 11.2 Å². The number of carboxylic acid groups (broad SMARTS) is 1. The normalized spacial score (nSPS) is 12.5. The molecule has 2 rings (SSSR count). The summed E-state index contributed by atoms with van der Waals surface area (Å²) >= 11 is 0. The summed E-state index contributed by atoms with van der Waals surface area (Å²) in [5.41, 5.74) is -0.962. The van der Waals surface area contributed by atoms with Crippen LogP contribution in [0.15, 0.2) is 48.5 Å². The molecule has 28 heavy (non-hydrogen) atoms. The molecular weight excluding hydrogens is 368 g/mol. The first kappa shape index (κ1) is 20.7. The van der Waals surface area contributed by atoms with Crippen molar-refractivity contribution in [3.05, 3.63) is 64.2 Å². The SMILES string of the molecule is COc1cc(OCC(=O)NCC(C)(C(=O)O)c2ccccc2)ccc1[N+](=O)[O-]. The van der Waals surface area contributed by atoms with Gasteiger partial charge in [0.2, 0.25) is 5.75 Å². The number of benzene rings is 2. The summed E-state index contributed by atoms with van der Waals surface area (Å²) in [6.45, 7) is 1.01. The average molecular weight is 388 g/mol. The van der Waals surface area contributed by atoms with E-state index in [1.807, 2.05) is 0 Å². The Balaban J connectivity index is 1.99. The number of nitrogens with zero attached hydrogens (tertiary/aromatic N) is 1. The fourth-order valence-corrected chi connectivity index (χ4v) is 2.48. The van der Waals surface area contributed by atoms with Crippen molar-refractivity contribution in [3.63, 3.8) is 0 Å². The van der Waals surface area contributed by atoms with E-state index in [9.17, 15) is 24.8 Å². The zero-order valence-corrected chi connectivity index (χ0v) is 15.4. The Morgan fingerprint density at radius 1 is 1.21 bits per heavy atom. The van der Waals surface area contributed by atoms with Gasteiger partial charge in [0.25, 0.3) is 5.91 Å². The van der Waals surface area contributed by atoms with Crippen molar-refractivity contribution >= 4 is 17.6 Å². The molecule has 0 fully saturated rings. The Labute approximate surface area is 161 Å². The first-order valence-electron chi connectivity index (χ1n) is 8.29. The van der Waals surface area contributed by atoms with E-state index < -0.39 is 22.2 Å². The predicted octanol–water partition coefficient (Wildman–Crippen LogP) is 2.14. The van der Waals surface area contributed by atoms with E-state index in [1.54, 1.807) is 30.3 Å². The maximum atomic E-state index is 12.1. The fourth-order valence-electron chi connectivity index (χ4n) is 2.48. The Morgan fingerprint density at radius 3 is 2.46 bits per heavy atom. The van der Waals surface area contributed by atoms with Crippen LogP contribution in [0, 0.1) is 10.1 Å². The third-order valence-corrected chi connectivity index (χ3v) is 4.24. The van der Waals surface area contributed by atoms with Gasteiger partial charge in [0.15, 0.2) is 6.61 Å². The maximum absolute atomic E-state index is 12.1. The molecule has 0 saturated carbocycles. The molecule has 0 heterocycles. The number of nitro groups is 1. The molecule has 2 aromatic carbocycles. The predicted molar refractivity (Wildman–Crippen MR) is 99.6 cm³/mol. The summed E-state index contributed by atoms with van der Waals surface area (Å²) in [5.74, 6) is -1.38. The highest BCUT2D eigenvalue weighted by Crippen LogP contribution is 2.30. The van der Waals surface area contributed by atoms with Gasteiger partial charge in [-0.3, -0.25) is 19.7 Å². The first-order valence-corrected chi connectivity index (χ1v) is 8.29. The topological polar surface area (TPSA) is 128 Å². The van der Waals surface area contributed by atoms with Gasteiger partial charge in [0, 0.05) is 18.7 Å². The minimum atomic E-state index is -1.30. The highest BCUT2D eigenvalue weighted by molar-refractivity contribution is 5.83. The van der Waals surface area contributed by atoms with Gasteiger partial charge in [0.05, 0.1) is 12.0 Å². The molecule has 0 radical (unpaired) electrons. The van der Waals surface area contributed by atoms with Gasteiger partial charge in [-0.1, -0.05) is 30.3 Å². The Bertz CT molecular complexity index is 870. The van der Waals surface area contributed by atoms with Crippen molar-refractivity contribution in [2.24, 2.45) is 0 Å². The first-order chi connectivity index (χ1) is 13.3. The molecule has 2 N–H and O–H groups in total. The van der Waals surface area contributed by atoms with E-state index in [0.717, 1.165) is 0 Å². The van der Waals surface area contributed by atoms with Crippen LogP contribution in [0.1, 0.15) is 12.5 Å². The Kier molecular flexibility index (Phi) is 6.54. The molecule has 0 saturated heterocycles. The van der Waals surface area contributed by atoms with Crippen LogP contribution < -0.4 is 14.8 Å². The summed E-state index contributed by atoms with van der Waals surface area (Å²) in [6.07, 6.45) is 0. The molecule has 0 aromatic heterocycles. The number of amides is 1. The van der Waals surface area contributed by atoms with Crippen LogP contribution in [0.4, 0.5) is 5.69 Å². The zero-order chi connectivity index (χ0) is 20.7. The molecule has 2 aromatic rings. The number of rotatable bonds is 9.